The molecule has 2 N–H and O–H groups in total. The predicted molar refractivity (Wildman–Crippen MR) is 102 cm³/mol. The lowest BCUT2D eigenvalue weighted by Gasteiger charge is -2.27. The molecule has 0 radical (unpaired) electrons. The van der Waals surface area contributed by atoms with E-state index in [-0.39, 0.29) is 43.9 Å². The van der Waals surface area contributed by atoms with Gasteiger partial charge >= 0.3 is 16.3 Å². The van der Waals surface area contributed by atoms with Crippen LogP contribution in [-0.4, -0.2) is 79.3 Å². The van der Waals surface area contributed by atoms with Crippen LogP contribution in [0, 0.1) is 0 Å². The van der Waals surface area contributed by atoms with Crippen LogP contribution in [0.4, 0.5) is 10.5 Å². The number of nitrogens with zero attached hydrogens (tertiary/aromatic N) is 3. The summed E-state index contributed by atoms with van der Waals surface area (Å²) in [5.74, 6) is 0.0733. The molecule has 1 aromatic heterocycles. The number of carboxylic acid groups (broad SMARTS) is 1. The summed E-state index contributed by atoms with van der Waals surface area (Å²) < 4.78 is 40.2. The van der Waals surface area contributed by atoms with E-state index in [2.05, 4.69) is 25.6 Å². The third-order valence-electron chi connectivity index (χ3n) is 3.81. The molecule has 0 atom stereocenters. The van der Waals surface area contributed by atoms with Gasteiger partial charge in [-0.15, -0.1) is 0 Å². The molecule has 10 nitrogen and oxygen atoms in total. The van der Waals surface area contributed by atoms with Crippen LogP contribution in [0.3, 0.4) is 0 Å². The van der Waals surface area contributed by atoms with Gasteiger partial charge in [-0.1, -0.05) is 0 Å². The van der Waals surface area contributed by atoms with Gasteiger partial charge < -0.3 is 19.5 Å². The predicted octanol–water partition coefficient (Wildman–Crippen LogP) is 1.60. The van der Waals surface area contributed by atoms with Crippen molar-refractivity contribution in [1.29, 1.82) is 0 Å². The molecule has 0 spiro atoms. The molecule has 152 valence electrons. The highest BCUT2D eigenvalue weighted by molar-refractivity contribution is 9.10. The third-order valence-corrected chi connectivity index (χ3v) is 5.76. The van der Waals surface area contributed by atoms with Gasteiger partial charge in [0.05, 0.1) is 19.8 Å². The Morgan fingerprint density at radius 1 is 1.48 bits per heavy atom. The highest BCUT2D eigenvalue weighted by Crippen LogP contribution is 2.27. The lowest BCUT2D eigenvalue weighted by atomic mass is 10.3. The summed E-state index contributed by atoms with van der Waals surface area (Å²) in [5, 5.41) is 9.17. The molecule has 1 aliphatic rings. The number of carbonyl (C=O) groups is 1. The summed E-state index contributed by atoms with van der Waals surface area (Å²) in [7, 11) is -3.79. The number of morpholine rings is 1. The first kappa shape index (κ1) is 21.7. The van der Waals surface area contributed by atoms with Gasteiger partial charge in [0.15, 0.2) is 0 Å². The van der Waals surface area contributed by atoms with Crippen molar-refractivity contribution in [3.63, 3.8) is 0 Å². The molecule has 0 aliphatic carbocycles. The van der Waals surface area contributed by atoms with Crippen LogP contribution in [0.1, 0.15) is 13.8 Å². The van der Waals surface area contributed by atoms with E-state index in [0.29, 0.717) is 17.7 Å². The largest absolute Gasteiger partial charge is 0.474 e. The Bertz CT molecular complexity index is 755. The van der Waals surface area contributed by atoms with Crippen LogP contribution in [0.2, 0.25) is 0 Å². The summed E-state index contributed by atoms with van der Waals surface area (Å²) in [5.41, 5.74) is 0.169. The Balaban J connectivity index is 2.09. The zero-order valence-electron chi connectivity index (χ0n) is 15.1. The van der Waals surface area contributed by atoms with Gasteiger partial charge in [-0.3, -0.25) is 4.72 Å². The number of halogens is 1. The van der Waals surface area contributed by atoms with Crippen LogP contribution in [-0.2, 0) is 14.9 Å². The van der Waals surface area contributed by atoms with E-state index in [1.165, 1.54) is 21.5 Å². The first-order valence-corrected chi connectivity index (χ1v) is 10.6. The number of anilines is 1. The standard InChI is InChI=1S/C15H23BrN4O6S/c1-11(2)20(15(21)22)5-8-26-14-13(9-12(16)10-17-14)18-27(23,24)19-3-6-25-7-4-19/h9-11,18H,3-8H2,1-2H3,(H,21,22). The van der Waals surface area contributed by atoms with Crippen molar-refractivity contribution in [3.8, 4) is 5.88 Å². The van der Waals surface area contributed by atoms with Crippen LogP contribution in [0.15, 0.2) is 16.7 Å². The van der Waals surface area contributed by atoms with Crippen LogP contribution in [0.5, 0.6) is 5.88 Å². The number of ether oxygens (including phenoxy) is 2. The molecule has 1 fully saturated rings. The zero-order chi connectivity index (χ0) is 20.0. The minimum absolute atomic E-state index is 0.0331. The second kappa shape index (κ2) is 9.53. The zero-order valence-corrected chi connectivity index (χ0v) is 17.5. The number of pyridine rings is 1. The molecular weight excluding hydrogens is 444 g/mol. The average molecular weight is 467 g/mol. The van der Waals surface area contributed by atoms with E-state index in [1.807, 2.05) is 0 Å². The topological polar surface area (TPSA) is 121 Å². The molecule has 0 saturated carbocycles. The number of amides is 1. The third kappa shape index (κ3) is 6.19. The van der Waals surface area contributed by atoms with Gasteiger partial charge in [-0.25, -0.2) is 9.78 Å². The molecule has 1 saturated heterocycles. The Morgan fingerprint density at radius 3 is 2.74 bits per heavy atom. The normalized spacial score (nSPS) is 15.6. The van der Waals surface area contributed by atoms with E-state index in [0.717, 1.165) is 0 Å². The summed E-state index contributed by atoms with van der Waals surface area (Å²) >= 11 is 3.26. The Labute approximate surface area is 166 Å². The summed E-state index contributed by atoms with van der Waals surface area (Å²) in [6.45, 7) is 4.86. The van der Waals surface area contributed by atoms with E-state index >= 15 is 0 Å². The van der Waals surface area contributed by atoms with Crippen molar-refractivity contribution >= 4 is 37.9 Å². The van der Waals surface area contributed by atoms with Crippen molar-refractivity contribution in [1.82, 2.24) is 14.2 Å². The maximum Gasteiger partial charge on any atom is 0.407 e. The molecule has 2 heterocycles. The van der Waals surface area contributed by atoms with Crippen molar-refractivity contribution in [3.05, 3.63) is 16.7 Å². The Hall–Kier alpha value is -1.63. The van der Waals surface area contributed by atoms with Crippen molar-refractivity contribution in [2.45, 2.75) is 19.9 Å². The van der Waals surface area contributed by atoms with Crippen LogP contribution < -0.4 is 9.46 Å². The number of hydrogen-bond donors (Lipinski definition) is 2. The van der Waals surface area contributed by atoms with E-state index < -0.39 is 16.3 Å². The monoisotopic (exact) mass is 466 g/mol. The van der Waals surface area contributed by atoms with Crippen molar-refractivity contribution in [2.75, 3.05) is 44.2 Å². The molecule has 1 aliphatic heterocycles. The second-order valence-corrected chi connectivity index (χ2v) is 8.63. The smallest absolute Gasteiger partial charge is 0.407 e. The van der Waals surface area contributed by atoms with Gasteiger partial charge in [0.1, 0.15) is 12.3 Å². The molecule has 0 unspecified atom stereocenters. The number of hydrogen-bond acceptors (Lipinski definition) is 6. The molecular formula is C15H23BrN4O6S. The maximum atomic E-state index is 12.6. The lowest BCUT2D eigenvalue weighted by Crippen LogP contribution is -2.43. The van der Waals surface area contributed by atoms with Gasteiger partial charge in [0, 0.05) is 29.8 Å². The summed E-state index contributed by atoms with van der Waals surface area (Å²) in [6.07, 6.45) is 0.421. The molecule has 27 heavy (non-hydrogen) atoms. The van der Waals surface area contributed by atoms with Gasteiger partial charge in [-0.05, 0) is 35.8 Å². The fourth-order valence-corrected chi connectivity index (χ4v) is 3.94. The van der Waals surface area contributed by atoms with E-state index in [4.69, 9.17) is 9.47 Å². The Morgan fingerprint density at radius 2 is 2.15 bits per heavy atom. The minimum Gasteiger partial charge on any atom is -0.474 e. The first-order valence-electron chi connectivity index (χ1n) is 8.34. The fraction of sp³-hybridized carbons (Fsp3) is 0.600. The van der Waals surface area contributed by atoms with Crippen molar-refractivity contribution in [2.24, 2.45) is 0 Å². The Kier molecular flexibility index (Phi) is 7.65. The summed E-state index contributed by atoms with van der Waals surface area (Å²) in [4.78, 5) is 16.5. The highest BCUT2D eigenvalue weighted by Gasteiger charge is 2.26. The SMILES string of the molecule is CC(C)N(CCOc1ncc(Br)cc1NS(=O)(=O)N1CCOCC1)C(=O)O. The quantitative estimate of drug-likeness (QED) is 0.596. The molecule has 1 amide bonds. The van der Waals surface area contributed by atoms with E-state index in [9.17, 15) is 18.3 Å². The molecule has 1 aromatic rings. The van der Waals surface area contributed by atoms with Gasteiger partial charge in [0.25, 0.3) is 0 Å². The van der Waals surface area contributed by atoms with Crippen LogP contribution in [0.25, 0.3) is 0 Å². The second-order valence-electron chi connectivity index (χ2n) is 6.04. The van der Waals surface area contributed by atoms with Crippen LogP contribution >= 0.6 is 15.9 Å². The first-order chi connectivity index (χ1) is 12.7. The molecule has 0 aromatic carbocycles. The number of nitrogens with one attached hydrogen (secondary N) is 1. The number of rotatable bonds is 8. The minimum atomic E-state index is -3.79. The molecule has 0 bridgehead atoms. The average Bonchev–Trinajstić information content (AvgIpc) is 2.60. The summed E-state index contributed by atoms with van der Waals surface area (Å²) in [6, 6.07) is 1.33. The molecule has 12 heteroatoms. The molecule has 2 rings (SSSR count). The lowest BCUT2D eigenvalue weighted by molar-refractivity contribution is 0.0733. The fourth-order valence-electron chi connectivity index (χ4n) is 2.42. The van der Waals surface area contributed by atoms with Crippen molar-refractivity contribution < 1.29 is 27.8 Å². The number of aromatic nitrogens is 1. The van der Waals surface area contributed by atoms with E-state index in [1.54, 1.807) is 13.8 Å². The van der Waals surface area contributed by atoms with Gasteiger partial charge in [-0.2, -0.15) is 12.7 Å². The maximum absolute atomic E-state index is 12.6. The highest BCUT2D eigenvalue weighted by atomic mass is 79.9. The van der Waals surface area contributed by atoms with Gasteiger partial charge in [0.2, 0.25) is 5.88 Å².